The second-order valence-corrected chi connectivity index (χ2v) is 8.50. The third-order valence-electron chi connectivity index (χ3n) is 6.20. The smallest absolute Gasteiger partial charge is 0.337 e. The van der Waals surface area contributed by atoms with Crippen molar-refractivity contribution in [1.82, 2.24) is 10.3 Å². The van der Waals surface area contributed by atoms with Gasteiger partial charge in [-0.15, -0.1) is 0 Å². The maximum Gasteiger partial charge on any atom is 0.337 e. The number of ether oxygens (including phenoxy) is 3. The molecule has 0 spiro atoms. The van der Waals surface area contributed by atoms with Gasteiger partial charge in [0.25, 0.3) is 5.91 Å². The van der Waals surface area contributed by atoms with E-state index in [0.29, 0.717) is 40.6 Å². The van der Waals surface area contributed by atoms with Crippen molar-refractivity contribution < 1.29 is 23.8 Å². The number of amides is 3. The highest BCUT2D eigenvalue weighted by Gasteiger charge is 2.28. The van der Waals surface area contributed by atoms with Gasteiger partial charge in [0, 0.05) is 23.7 Å². The Hall–Kier alpha value is -4.53. The van der Waals surface area contributed by atoms with Crippen molar-refractivity contribution >= 4 is 23.3 Å². The zero-order chi connectivity index (χ0) is 26.5. The van der Waals surface area contributed by atoms with Crippen LogP contribution in [0.2, 0.25) is 0 Å². The highest BCUT2D eigenvalue weighted by atomic mass is 16.5. The summed E-state index contributed by atoms with van der Waals surface area (Å²) in [6, 6.07) is 17.6. The van der Waals surface area contributed by atoms with E-state index >= 15 is 0 Å². The van der Waals surface area contributed by atoms with Crippen LogP contribution in [-0.4, -0.2) is 57.1 Å². The van der Waals surface area contributed by atoms with E-state index in [1.54, 1.807) is 52.6 Å². The molecule has 0 saturated heterocycles. The first-order valence-corrected chi connectivity index (χ1v) is 11.8. The highest BCUT2D eigenvalue weighted by Crippen LogP contribution is 2.34. The van der Waals surface area contributed by atoms with Crippen LogP contribution in [0, 0.1) is 0 Å². The van der Waals surface area contributed by atoms with E-state index in [0.717, 1.165) is 16.7 Å². The number of nitrogens with zero attached hydrogens (tertiary/aromatic N) is 2. The van der Waals surface area contributed by atoms with Gasteiger partial charge in [0.2, 0.25) is 0 Å². The minimum absolute atomic E-state index is 0.208. The molecule has 192 valence electrons. The molecule has 0 radical (unpaired) electrons. The van der Waals surface area contributed by atoms with Crippen LogP contribution in [0.4, 0.5) is 10.5 Å². The molecular formula is C28H30N4O5. The van der Waals surface area contributed by atoms with E-state index in [4.69, 9.17) is 19.3 Å². The fourth-order valence-electron chi connectivity index (χ4n) is 4.27. The fourth-order valence-corrected chi connectivity index (χ4v) is 4.27. The van der Waals surface area contributed by atoms with Gasteiger partial charge in [-0.25, -0.2) is 9.80 Å². The van der Waals surface area contributed by atoms with Crippen molar-refractivity contribution in [3.8, 4) is 17.2 Å². The van der Waals surface area contributed by atoms with Gasteiger partial charge in [-0.05, 0) is 55.3 Å². The Bertz CT molecular complexity index is 1340. The number of hydrogen-bond acceptors (Lipinski definition) is 6. The largest absolute Gasteiger partial charge is 0.495 e. The number of fused-ring (bicyclic) bond motifs is 1. The van der Waals surface area contributed by atoms with Crippen LogP contribution in [0.25, 0.3) is 0 Å². The molecule has 37 heavy (non-hydrogen) atoms. The second-order valence-electron chi connectivity index (χ2n) is 8.50. The predicted octanol–water partition coefficient (Wildman–Crippen LogP) is 4.30. The predicted molar refractivity (Wildman–Crippen MR) is 142 cm³/mol. The van der Waals surface area contributed by atoms with Crippen LogP contribution in [-0.2, 0) is 6.42 Å². The molecule has 2 N–H and O–H groups in total. The normalized spacial score (nSPS) is 14.6. The number of carbonyl (C=O) groups excluding carboxylic acids is 2. The minimum Gasteiger partial charge on any atom is -0.495 e. The lowest BCUT2D eigenvalue weighted by Gasteiger charge is -2.22. The molecule has 1 unspecified atom stereocenters. The number of rotatable bonds is 6. The number of anilines is 1. The van der Waals surface area contributed by atoms with Gasteiger partial charge < -0.3 is 24.8 Å². The number of urea groups is 1. The van der Waals surface area contributed by atoms with E-state index in [1.807, 2.05) is 43.3 Å². The first kappa shape index (κ1) is 25.6. The Morgan fingerprint density at radius 3 is 2.22 bits per heavy atom. The fraction of sp³-hybridized carbons (Fsp3) is 0.250. The van der Waals surface area contributed by atoms with Gasteiger partial charge in [-0.2, -0.15) is 5.10 Å². The van der Waals surface area contributed by atoms with Crippen molar-refractivity contribution in [3.63, 3.8) is 0 Å². The Morgan fingerprint density at radius 2 is 1.57 bits per heavy atom. The molecule has 0 bridgehead atoms. The Labute approximate surface area is 216 Å². The second kappa shape index (κ2) is 11.0. The number of para-hydroxylation sites is 2. The zero-order valence-corrected chi connectivity index (χ0v) is 21.5. The van der Waals surface area contributed by atoms with Crippen molar-refractivity contribution in [2.45, 2.75) is 19.4 Å². The SMILES string of the molecule is CNC(=O)N1N=C(c2ccc(C(=O)Nc3ccccc3OC)cc2)c2cc(OC)c(OC)cc2CC1C. The van der Waals surface area contributed by atoms with E-state index in [2.05, 4.69) is 10.6 Å². The van der Waals surface area contributed by atoms with Crippen molar-refractivity contribution in [2.75, 3.05) is 33.7 Å². The van der Waals surface area contributed by atoms with Crippen molar-refractivity contribution in [1.29, 1.82) is 0 Å². The van der Waals surface area contributed by atoms with Crippen LogP contribution < -0.4 is 24.8 Å². The quantitative estimate of drug-likeness (QED) is 0.523. The Kier molecular flexibility index (Phi) is 7.62. The van der Waals surface area contributed by atoms with Gasteiger partial charge in [0.05, 0.1) is 38.8 Å². The van der Waals surface area contributed by atoms with E-state index < -0.39 is 0 Å². The van der Waals surface area contributed by atoms with Gasteiger partial charge in [0.15, 0.2) is 11.5 Å². The van der Waals surface area contributed by atoms with Crippen LogP contribution >= 0.6 is 0 Å². The van der Waals surface area contributed by atoms with E-state index in [9.17, 15) is 9.59 Å². The van der Waals surface area contributed by atoms with Gasteiger partial charge >= 0.3 is 6.03 Å². The molecule has 0 saturated carbocycles. The topological polar surface area (TPSA) is 101 Å². The number of hydrogen-bond donors (Lipinski definition) is 2. The maximum atomic E-state index is 12.9. The molecule has 0 aromatic heterocycles. The number of hydrazone groups is 1. The molecule has 3 aromatic carbocycles. The number of carbonyl (C=O) groups is 2. The summed E-state index contributed by atoms with van der Waals surface area (Å²) in [6.07, 6.45) is 0.565. The van der Waals surface area contributed by atoms with Gasteiger partial charge in [-0.3, -0.25) is 4.79 Å². The van der Waals surface area contributed by atoms with Gasteiger partial charge in [0.1, 0.15) is 5.75 Å². The molecule has 4 rings (SSSR count). The van der Waals surface area contributed by atoms with E-state index in [1.165, 1.54) is 5.01 Å². The molecular weight excluding hydrogens is 472 g/mol. The molecule has 1 aliphatic heterocycles. The summed E-state index contributed by atoms with van der Waals surface area (Å²) in [4.78, 5) is 25.6. The maximum absolute atomic E-state index is 12.9. The molecule has 1 heterocycles. The molecule has 9 nitrogen and oxygen atoms in total. The third-order valence-corrected chi connectivity index (χ3v) is 6.20. The van der Waals surface area contributed by atoms with Crippen molar-refractivity contribution in [3.05, 3.63) is 82.9 Å². The first-order valence-electron chi connectivity index (χ1n) is 11.8. The average molecular weight is 503 g/mol. The van der Waals surface area contributed by atoms with Crippen LogP contribution in [0.1, 0.15) is 34.0 Å². The van der Waals surface area contributed by atoms with E-state index in [-0.39, 0.29) is 18.0 Å². The van der Waals surface area contributed by atoms with Gasteiger partial charge in [-0.1, -0.05) is 24.3 Å². The standard InChI is InChI=1S/C28H30N4O5/c1-17-14-20-15-24(36-4)25(37-5)16-21(20)26(31-32(17)28(34)29-2)18-10-12-19(13-11-18)27(33)30-22-8-6-7-9-23(22)35-3/h6-13,15-17H,14H2,1-5H3,(H,29,34)(H,30,33). The lowest BCUT2D eigenvalue weighted by Crippen LogP contribution is -2.41. The molecule has 0 fully saturated rings. The summed E-state index contributed by atoms with van der Waals surface area (Å²) in [5.41, 5.74) is 4.16. The zero-order valence-electron chi connectivity index (χ0n) is 21.5. The number of benzene rings is 3. The van der Waals surface area contributed by atoms with Crippen molar-refractivity contribution in [2.24, 2.45) is 5.10 Å². The lowest BCUT2D eigenvalue weighted by molar-refractivity contribution is 0.102. The van der Waals surface area contributed by atoms with Crippen LogP contribution in [0.15, 0.2) is 65.8 Å². The lowest BCUT2D eigenvalue weighted by atomic mass is 9.93. The summed E-state index contributed by atoms with van der Waals surface area (Å²) >= 11 is 0. The average Bonchev–Trinajstić information content (AvgIpc) is 3.07. The molecule has 3 aromatic rings. The monoisotopic (exact) mass is 502 g/mol. The highest BCUT2D eigenvalue weighted by molar-refractivity contribution is 6.15. The molecule has 1 atom stereocenters. The first-order chi connectivity index (χ1) is 17.9. The molecule has 1 aliphatic rings. The summed E-state index contributed by atoms with van der Waals surface area (Å²) in [5.74, 6) is 1.46. The molecule has 9 heteroatoms. The summed E-state index contributed by atoms with van der Waals surface area (Å²) in [7, 11) is 6.29. The Morgan fingerprint density at radius 1 is 0.919 bits per heavy atom. The Balaban J connectivity index is 1.74. The minimum atomic E-state index is -0.315. The summed E-state index contributed by atoms with van der Waals surface area (Å²) in [5, 5.41) is 11.7. The van der Waals surface area contributed by atoms with Crippen LogP contribution in [0.5, 0.6) is 17.2 Å². The molecule has 0 aliphatic carbocycles. The summed E-state index contributed by atoms with van der Waals surface area (Å²) in [6.45, 7) is 1.94. The number of nitrogens with one attached hydrogen (secondary N) is 2. The third kappa shape index (κ3) is 5.20. The summed E-state index contributed by atoms with van der Waals surface area (Å²) < 4.78 is 16.4. The van der Waals surface area contributed by atoms with Crippen LogP contribution in [0.3, 0.4) is 0 Å². The molecule has 3 amide bonds. The number of methoxy groups -OCH3 is 3.